The third-order valence-electron chi connectivity index (χ3n) is 5.97. The van der Waals surface area contributed by atoms with Gasteiger partial charge in [-0.3, -0.25) is 4.57 Å². The van der Waals surface area contributed by atoms with Crippen molar-refractivity contribution in [3.63, 3.8) is 0 Å². The largest absolute Gasteiger partial charge is 0.493 e. The Balaban J connectivity index is 1.70. The zero-order chi connectivity index (χ0) is 25.4. The van der Waals surface area contributed by atoms with Crippen LogP contribution in [0.15, 0.2) is 34.2 Å². The minimum absolute atomic E-state index is 0.135. The molecule has 0 spiro atoms. The van der Waals surface area contributed by atoms with E-state index in [1.54, 1.807) is 22.8 Å². The highest BCUT2D eigenvalue weighted by molar-refractivity contribution is 7.89. The van der Waals surface area contributed by atoms with Gasteiger partial charge in [0, 0.05) is 19.6 Å². The van der Waals surface area contributed by atoms with Gasteiger partial charge in [-0.1, -0.05) is 20.8 Å². The van der Waals surface area contributed by atoms with Gasteiger partial charge in [0.2, 0.25) is 10.0 Å². The minimum Gasteiger partial charge on any atom is -0.493 e. The van der Waals surface area contributed by atoms with Gasteiger partial charge in [0.15, 0.2) is 11.3 Å². The Hall–Kier alpha value is -3.29. The Bertz CT molecular complexity index is 1570. The smallest absolute Gasteiger partial charge is 0.336 e. The van der Waals surface area contributed by atoms with Crippen LogP contribution in [0.3, 0.4) is 0 Å². The van der Waals surface area contributed by atoms with Crippen LogP contribution >= 0.6 is 0 Å². The number of nitrogens with zero attached hydrogens (tertiary/aromatic N) is 6. The molecule has 1 aliphatic rings. The molecule has 13 heteroatoms. The lowest BCUT2D eigenvalue weighted by molar-refractivity contribution is 0.0730. The molecule has 0 saturated carbocycles. The molecule has 4 heterocycles. The SMILES string of the molecule is CCCOc1ccc(S(=O)(=O)N2CCOCC2)cc1-c1nc2c([nH]1)c1nncn1c(=O)n2CC(C)C. The van der Waals surface area contributed by atoms with Gasteiger partial charge in [0.05, 0.1) is 30.3 Å². The summed E-state index contributed by atoms with van der Waals surface area (Å²) in [4.78, 5) is 21.3. The number of H-pyrrole nitrogens is 1. The number of morpholine rings is 1. The zero-order valence-corrected chi connectivity index (χ0v) is 21.3. The number of benzene rings is 1. The minimum atomic E-state index is -3.74. The van der Waals surface area contributed by atoms with Crippen LogP contribution in [0.5, 0.6) is 5.75 Å². The van der Waals surface area contributed by atoms with Crippen molar-refractivity contribution in [1.29, 1.82) is 0 Å². The lowest BCUT2D eigenvalue weighted by atomic mass is 10.2. The number of sulfonamides is 1. The van der Waals surface area contributed by atoms with E-state index in [4.69, 9.17) is 14.5 Å². The average Bonchev–Trinajstić information content (AvgIpc) is 3.53. The maximum atomic E-state index is 13.4. The highest BCUT2D eigenvalue weighted by atomic mass is 32.2. The molecule has 1 aromatic carbocycles. The standard InChI is InChI=1S/C23H29N7O5S/c1-4-9-35-18-6-5-16(36(32,33)28-7-10-34-11-8-28)12-17(18)20-25-19-21(26-20)29(13-15(2)3)23(31)30-14-24-27-22(19)30/h5-6,12,14-15H,4,7-11,13H2,1-3H3,(H,25,26). The van der Waals surface area contributed by atoms with Crippen molar-refractivity contribution < 1.29 is 17.9 Å². The van der Waals surface area contributed by atoms with Gasteiger partial charge < -0.3 is 14.5 Å². The summed E-state index contributed by atoms with van der Waals surface area (Å²) >= 11 is 0. The summed E-state index contributed by atoms with van der Waals surface area (Å²) in [6, 6.07) is 4.77. The Labute approximate surface area is 207 Å². The van der Waals surface area contributed by atoms with Crippen LogP contribution in [0.4, 0.5) is 0 Å². The Kier molecular flexibility index (Phi) is 6.53. The van der Waals surface area contributed by atoms with E-state index in [1.807, 2.05) is 20.8 Å². The molecule has 0 bridgehead atoms. The maximum Gasteiger partial charge on any atom is 0.336 e. The van der Waals surface area contributed by atoms with E-state index in [9.17, 15) is 13.2 Å². The van der Waals surface area contributed by atoms with Crippen molar-refractivity contribution >= 4 is 26.8 Å². The summed E-state index contributed by atoms with van der Waals surface area (Å²) in [7, 11) is -3.74. The van der Waals surface area contributed by atoms with Crippen molar-refractivity contribution in [1.82, 2.24) is 33.4 Å². The van der Waals surface area contributed by atoms with Crippen LogP contribution in [-0.2, 0) is 21.3 Å². The van der Waals surface area contributed by atoms with Gasteiger partial charge in [-0.25, -0.2) is 22.6 Å². The summed E-state index contributed by atoms with van der Waals surface area (Å²) < 4.78 is 42.4. The number of hydrogen-bond acceptors (Lipinski definition) is 8. The van der Waals surface area contributed by atoms with Gasteiger partial charge in [-0.15, -0.1) is 10.2 Å². The van der Waals surface area contributed by atoms with Crippen molar-refractivity contribution in [3.05, 3.63) is 35.0 Å². The van der Waals surface area contributed by atoms with E-state index in [0.29, 0.717) is 73.4 Å². The number of hydrogen-bond donors (Lipinski definition) is 1. The van der Waals surface area contributed by atoms with Crippen LogP contribution in [0, 0.1) is 5.92 Å². The van der Waals surface area contributed by atoms with E-state index >= 15 is 0 Å². The molecule has 192 valence electrons. The first-order valence-corrected chi connectivity index (χ1v) is 13.4. The lowest BCUT2D eigenvalue weighted by Crippen LogP contribution is -2.40. The summed E-state index contributed by atoms with van der Waals surface area (Å²) in [5, 5.41) is 8.01. The van der Waals surface area contributed by atoms with Crippen LogP contribution < -0.4 is 10.4 Å². The fourth-order valence-electron chi connectivity index (χ4n) is 4.27. The molecular weight excluding hydrogens is 486 g/mol. The first-order valence-electron chi connectivity index (χ1n) is 12.0. The molecule has 12 nitrogen and oxygen atoms in total. The molecule has 1 N–H and O–H groups in total. The third-order valence-corrected chi connectivity index (χ3v) is 7.87. The molecule has 0 amide bonds. The normalized spacial score (nSPS) is 15.3. The first-order chi connectivity index (χ1) is 17.3. The quantitative estimate of drug-likeness (QED) is 0.376. The monoisotopic (exact) mass is 515 g/mol. The number of rotatable bonds is 8. The average molecular weight is 516 g/mol. The number of nitrogens with one attached hydrogen (secondary N) is 1. The lowest BCUT2D eigenvalue weighted by Gasteiger charge is -2.26. The van der Waals surface area contributed by atoms with Crippen molar-refractivity contribution in [2.75, 3.05) is 32.9 Å². The summed E-state index contributed by atoms with van der Waals surface area (Å²) in [6.07, 6.45) is 2.15. The molecule has 1 aliphatic heterocycles. The number of ether oxygens (including phenoxy) is 2. The second-order valence-electron chi connectivity index (χ2n) is 9.12. The summed E-state index contributed by atoms with van der Waals surface area (Å²) in [5.41, 5.74) is 1.50. The van der Waals surface area contributed by atoms with Gasteiger partial charge in [0.1, 0.15) is 23.4 Å². The molecule has 1 fully saturated rings. The van der Waals surface area contributed by atoms with Crippen molar-refractivity contribution in [2.24, 2.45) is 5.92 Å². The Morgan fingerprint density at radius 3 is 2.69 bits per heavy atom. The zero-order valence-electron chi connectivity index (χ0n) is 20.5. The number of aromatic amines is 1. The topological polar surface area (TPSA) is 137 Å². The molecule has 0 radical (unpaired) electrons. The van der Waals surface area contributed by atoms with E-state index in [1.165, 1.54) is 15.0 Å². The highest BCUT2D eigenvalue weighted by Crippen LogP contribution is 2.33. The van der Waals surface area contributed by atoms with Crippen LogP contribution in [0.25, 0.3) is 28.2 Å². The van der Waals surface area contributed by atoms with E-state index in [-0.39, 0.29) is 16.5 Å². The van der Waals surface area contributed by atoms with Gasteiger partial charge in [0.25, 0.3) is 0 Å². The molecule has 0 atom stereocenters. The molecule has 3 aromatic heterocycles. The molecule has 4 aromatic rings. The predicted molar refractivity (Wildman–Crippen MR) is 133 cm³/mol. The van der Waals surface area contributed by atoms with Crippen molar-refractivity contribution in [3.8, 4) is 17.1 Å². The Morgan fingerprint density at radius 1 is 1.19 bits per heavy atom. The van der Waals surface area contributed by atoms with E-state index < -0.39 is 10.0 Å². The predicted octanol–water partition coefficient (Wildman–Crippen LogP) is 1.90. The van der Waals surface area contributed by atoms with E-state index in [2.05, 4.69) is 15.2 Å². The summed E-state index contributed by atoms with van der Waals surface area (Å²) in [5.74, 6) is 1.06. The van der Waals surface area contributed by atoms with Crippen LogP contribution in [0.1, 0.15) is 27.2 Å². The van der Waals surface area contributed by atoms with Gasteiger partial charge >= 0.3 is 5.69 Å². The molecule has 0 aliphatic carbocycles. The Morgan fingerprint density at radius 2 is 1.97 bits per heavy atom. The van der Waals surface area contributed by atoms with Gasteiger partial charge in [-0.05, 0) is 30.5 Å². The third kappa shape index (κ3) is 4.27. The number of aromatic nitrogens is 6. The van der Waals surface area contributed by atoms with Crippen molar-refractivity contribution in [2.45, 2.75) is 38.6 Å². The second kappa shape index (κ2) is 9.64. The number of fused-ring (bicyclic) bond motifs is 3. The highest BCUT2D eigenvalue weighted by Gasteiger charge is 2.28. The molecule has 5 rings (SSSR count). The maximum absolute atomic E-state index is 13.4. The summed E-state index contributed by atoms with van der Waals surface area (Å²) in [6.45, 7) is 8.21. The number of imidazole rings is 1. The molecule has 0 unspecified atom stereocenters. The van der Waals surface area contributed by atoms with E-state index in [0.717, 1.165) is 6.42 Å². The second-order valence-corrected chi connectivity index (χ2v) is 11.1. The fraction of sp³-hybridized carbons (Fsp3) is 0.478. The molecular formula is C23H29N7O5S. The van der Waals surface area contributed by atoms with Crippen LogP contribution in [0.2, 0.25) is 0 Å². The first kappa shape index (κ1) is 24.4. The molecule has 1 saturated heterocycles. The fourth-order valence-corrected chi connectivity index (χ4v) is 5.70. The van der Waals surface area contributed by atoms with Crippen LogP contribution in [-0.4, -0.2) is 74.8 Å². The van der Waals surface area contributed by atoms with Gasteiger partial charge in [-0.2, -0.15) is 4.31 Å². The molecule has 36 heavy (non-hydrogen) atoms.